The van der Waals surface area contributed by atoms with Crippen LogP contribution in [0.3, 0.4) is 0 Å². The Morgan fingerprint density at radius 1 is 1.29 bits per heavy atom. The fourth-order valence-electron chi connectivity index (χ4n) is 1.30. The van der Waals surface area contributed by atoms with Crippen LogP contribution in [-0.4, -0.2) is 5.11 Å². The summed E-state index contributed by atoms with van der Waals surface area (Å²) in [6.07, 6.45) is -2.60. The number of phenolic OH excluding ortho intramolecular Hbond substituents is 1. The highest BCUT2D eigenvalue weighted by molar-refractivity contribution is 7.22. The normalized spacial score (nSPS) is 11.4. The van der Waals surface area contributed by atoms with Gasteiger partial charge in [-0.2, -0.15) is 0 Å². The smallest absolute Gasteiger partial charge is 0.264 e. The molecule has 1 aromatic carbocycles. The van der Waals surface area contributed by atoms with Gasteiger partial charge in [0.15, 0.2) is 0 Å². The van der Waals surface area contributed by atoms with Gasteiger partial charge in [0.05, 0.1) is 4.34 Å². The van der Waals surface area contributed by atoms with Gasteiger partial charge in [-0.25, -0.2) is 8.78 Å². The van der Waals surface area contributed by atoms with E-state index >= 15 is 0 Å². The second-order valence-corrected chi connectivity index (χ2v) is 4.51. The molecule has 0 saturated heterocycles. The molecule has 0 saturated carbocycles. The molecule has 0 atom stereocenters. The van der Waals surface area contributed by atoms with Gasteiger partial charge in [0.2, 0.25) is 0 Å². The number of fused-ring (bicyclic) bond motifs is 1. The fourth-order valence-corrected chi connectivity index (χ4v) is 2.51. The molecule has 0 aliphatic rings. The van der Waals surface area contributed by atoms with E-state index in [1.807, 2.05) is 0 Å². The molecule has 1 aromatic heterocycles. The highest BCUT2D eigenvalue weighted by Crippen LogP contribution is 2.38. The second kappa shape index (κ2) is 3.37. The van der Waals surface area contributed by atoms with Crippen molar-refractivity contribution < 1.29 is 13.9 Å². The lowest BCUT2D eigenvalue weighted by Gasteiger charge is -2.02. The topological polar surface area (TPSA) is 20.2 Å². The monoisotopic (exact) mass is 234 g/mol. The maximum absolute atomic E-state index is 12.5. The van der Waals surface area contributed by atoms with E-state index < -0.39 is 6.43 Å². The molecule has 1 nitrogen and oxygen atoms in total. The molecular weight excluding hydrogens is 230 g/mol. The van der Waals surface area contributed by atoms with E-state index in [0.717, 1.165) is 6.07 Å². The van der Waals surface area contributed by atoms with Crippen LogP contribution < -0.4 is 0 Å². The molecule has 0 spiro atoms. The summed E-state index contributed by atoms with van der Waals surface area (Å²) in [5, 5.41) is 9.61. The summed E-state index contributed by atoms with van der Waals surface area (Å²) in [5.74, 6) is -0.161. The van der Waals surface area contributed by atoms with Crippen molar-refractivity contribution in [3.8, 4) is 5.75 Å². The minimum atomic E-state index is -2.60. The number of phenols is 1. The van der Waals surface area contributed by atoms with Gasteiger partial charge in [-0.3, -0.25) is 0 Å². The average Bonchev–Trinajstić information content (AvgIpc) is 2.42. The average molecular weight is 235 g/mol. The van der Waals surface area contributed by atoms with Gasteiger partial charge in [0.1, 0.15) is 5.75 Å². The third kappa shape index (κ3) is 1.55. The Morgan fingerprint density at radius 2 is 2.00 bits per heavy atom. The summed E-state index contributed by atoms with van der Waals surface area (Å²) in [6, 6.07) is 3.98. The molecular formula is C9H5ClF2OS. The van der Waals surface area contributed by atoms with E-state index in [2.05, 4.69) is 0 Å². The van der Waals surface area contributed by atoms with Gasteiger partial charge in [-0.1, -0.05) is 11.6 Å². The van der Waals surface area contributed by atoms with Crippen molar-refractivity contribution in [1.82, 2.24) is 0 Å². The number of hydrogen-bond acceptors (Lipinski definition) is 2. The first kappa shape index (κ1) is 9.68. The van der Waals surface area contributed by atoms with E-state index in [1.165, 1.54) is 23.5 Å². The molecule has 2 aromatic rings. The molecule has 1 heterocycles. The standard InChI is InChI=1S/C9H5ClF2OS/c10-8-3-5-6(9(11)12)1-4(13)2-7(5)14-8/h1-3,9,13H. The maximum Gasteiger partial charge on any atom is 0.264 e. The Balaban J connectivity index is 2.79. The number of hydrogen-bond donors (Lipinski definition) is 1. The summed E-state index contributed by atoms with van der Waals surface area (Å²) in [5.41, 5.74) is -0.178. The lowest BCUT2D eigenvalue weighted by Crippen LogP contribution is -1.83. The van der Waals surface area contributed by atoms with Crippen LogP contribution >= 0.6 is 22.9 Å². The van der Waals surface area contributed by atoms with Gasteiger partial charge >= 0.3 is 0 Å². The van der Waals surface area contributed by atoms with E-state index in [-0.39, 0.29) is 11.3 Å². The largest absolute Gasteiger partial charge is 0.508 e. The van der Waals surface area contributed by atoms with Crippen LogP contribution in [0.4, 0.5) is 8.78 Å². The van der Waals surface area contributed by atoms with Crippen molar-refractivity contribution in [2.75, 3.05) is 0 Å². The minimum absolute atomic E-state index is 0.161. The van der Waals surface area contributed by atoms with Crippen LogP contribution in [0.25, 0.3) is 10.1 Å². The van der Waals surface area contributed by atoms with Gasteiger partial charge in [0, 0.05) is 15.6 Å². The summed E-state index contributed by atoms with van der Waals surface area (Å²) in [4.78, 5) is 0. The first-order valence-electron chi connectivity index (χ1n) is 3.78. The number of benzene rings is 1. The zero-order valence-electron chi connectivity index (χ0n) is 6.80. The molecule has 2 rings (SSSR count). The Hall–Kier alpha value is -0.870. The van der Waals surface area contributed by atoms with E-state index in [9.17, 15) is 13.9 Å². The van der Waals surface area contributed by atoms with E-state index in [0.29, 0.717) is 14.4 Å². The summed E-state index contributed by atoms with van der Waals surface area (Å²) in [6.45, 7) is 0. The summed E-state index contributed by atoms with van der Waals surface area (Å²) < 4.78 is 26.1. The second-order valence-electron chi connectivity index (χ2n) is 2.80. The number of aromatic hydroxyl groups is 1. The third-order valence-electron chi connectivity index (χ3n) is 1.86. The van der Waals surface area contributed by atoms with E-state index in [1.54, 1.807) is 0 Å². The van der Waals surface area contributed by atoms with Crippen molar-refractivity contribution in [2.24, 2.45) is 0 Å². The van der Waals surface area contributed by atoms with Crippen LogP contribution in [0.15, 0.2) is 18.2 Å². The van der Waals surface area contributed by atoms with E-state index in [4.69, 9.17) is 11.6 Å². The number of alkyl halides is 2. The zero-order chi connectivity index (χ0) is 10.3. The summed E-state index contributed by atoms with van der Waals surface area (Å²) in [7, 11) is 0. The zero-order valence-corrected chi connectivity index (χ0v) is 8.37. The predicted molar refractivity (Wildman–Crippen MR) is 53.5 cm³/mol. The van der Waals surface area contributed by atoms with Gasteiger partial charge in [-0.05, 0) is 18.2 Å². The number of thiophene rings is 1. The highest BCUT2D eigenvalue weighted by Gasteiger charge is 2.14. The first-order chi connectivity index (χ1) is 6.58. The third-order valence-corrected chi connectivity index (χ3v) is 3.07. The molecule has 14 heavy (non-hydrogen) atoms. The predicted octanol–water partition coefficient (Wildman–Crippen LogP) is 4.20. The van der Waals surface area contributed by atoms with Gasteiger partial charge < -0.3 is 5.11 Å². The van der Waals surface area contributed by atoms with Crippen LogP contribution in [0, 0.1) is 0 Å². The summed E-state index contributed by atoms with van der Waals surface area (Å²) >= 11 is 6.87. The number of halogens is 3. The van der Waals surface area contributed by atoms with Crippen LogP contribution in [0.2, 0.25) is 4.34 Å². The Kier molecular flexibility index (Phi) is 2.33. The van der Waals surface area contributed by atoms with Crippen molar-refractivity contribution in [3.05, 3.63) is 28.1 Å². The molecule has 0 aliphatic carbocycles. The van der Waals surface area contributed by atoms with Crippen molar-refractivity contribution in [1.29, 1.82) is 0 Å². The molecule has 0 fully saturated rings. The van der Waals surface area contributed by atoms with Crippen LogP contribution in [-0.2, 0) is 0 Å². The van der Waals surface area contributed by atoms with Crippen molar-refractivity contribution >= 4 is 33.0 Å². The Morgan fingerprint density at radius 3 is 2.64 bits per heavy atom. The van der Waals surface area contributed by atoms with Crippen LogP contribution in [0.1, 0.15) is 12.0 Å². The number of rotatable bonds is 1. The van der Waals surface area contributed by atoms with Gasteiger partial charge in [-0.15, -0.1) is 11.3 Å². The Bertz CT molecular complexity index is 481. The molecule has 0 aliphatic heterocycles. The quantitative estimate of drug-likeness (QED) is 0.784. The molecule has 0 unspecified atom stereocenters. The highest BCUT2D eigenvalue weighted by atomic mass is 35.5. The first-order valence-corrected chi connectivity index (χ1v) is 4.97. The molecule has 1 N–H and O–H groups in total. The molecule has 74 valence electrons. The van der Waals surface area contributed by atoms with Crippen molar-refractivity contribution in [3.63, 3.8) is 0 Å². The SMILES string of the molecule is Oc1cc(C(F)F)c2cc(Cl)sc2c1. The minimum Gasteiger partial charge on any atom is -0.508 e. The van der Waals surface area contributed by atoms with Crippen LogP contribution in [0.5, 0.6) is 5.75 Å². The Labute approximate surface area is 87.5 Å². The maximum atomic E-state index is 12.5. The molecule has 0 radical (unpaired) electrons. The van der Waals surface area contributed by atoms with Gasteiger partial charge in [0.25, 0.3) is 6.43 Å². The fraction of sp³-hybridized carbons (Fsp3) is 0.111. The van der Waals surface area contributed by atoms with Crippen molar-refractivity contribution in [2.45, 2.75) is 6.43 Å². The lowest BCUT2D eigenvalue weighted by molar-refractivity contribution is 0.153. The molecule has 5 heteroatoms. The lowest BCUT2D eigenvalue weighted by atomic mass is 10.1. The molecule has 0 amide bonds. The molecule has 0 bridgehead atoms.